The lowest BCUT2D eigenvalue weighted by Crippen LogP contribution is -2.36. The van der Waals surface area contributed by atoms with Crippen LogP contribution in [0.1, 0.15) is 11.1 Å². The molecule has 0 radical (unpaired) electrons. The number of hydrogen-bond donors (Lipinski definition) is 2. The number of halogens is 2. The lowest BCUT2D eigenvalue weighted by atomic mass is 10.1. The molecule has 0 spiro atoms. The number of nitrogens with zero attached hydrogens (tertiary/aromatic N) is 1. The van der Waals surface area contributed by atoms with Gasteiger partial charge in [-0.1, -0.05) is 71.7 Å². The number of hydrogen-bond acceptors (Lipinski definition) is 1. The normalized spacial score (nSPS) is 10.9. The van der Waals surface area contributed by atoms with E-state index in [1.165, 1.54) is 10.9 Å². The van der Waals surface area contributed by atoms with Gasteiger partial charge in [-0.3, -0.25) is 0 Å². The van der Waals surface area contributed by atoms with Crippen LogP contribution in [0.4, 0.5) is 10.5 Å². The molecule has 30 heavy (non-hydrogen) atoms. The Kier molecular flexibility index (Phi) is 6.26. The highest BCUT2D eigenvalue weighted by atomic mass is 35.5. The summed E-state index contributed by atoms with van der Waals surface area (Å²) in [4.78, 5) is 18.2. The first-order valence-corrected chi connectivity index (χ1v) is 10.5. The number of carbonyl (C=O) groups excluding carboxylic acids is 1. The number of nitrogens with one attached hydrogen (secondary N) is 2. The number of carbonyl (C=O) groups is 1. The van der Waals surface area contributed by atoms with Crippen molar-refractivity contribution in [2.24, 2.45) is 0 Å². The average molecular weight is 438 g/mol. The Hall–Kier alpha value is -2.95. The van der Waals surface area contributed by atoms with E-state index in [1.54, 1.807) is 23.1 Å². The van der Waals surface area contributed by atoms with Gasteiger partial charge in [-0.25, -0.2) is 4.79 Å². The zero-order valence-electron chi connectivity index (χ0n) is 16.2. The quantitative estimate of drug-likeness (QED) is 0.344. The summed E-state index contributed by atoms with van der Waals surface area (Å²) in [5, 5.41) is 5.03. The predicted molar refractivity (Wildman–Crippen MR) is 124 cm³/mol. The van der Waals surface area contributed by atoms with E-state index >= 15 is 0 Å². The summed E-state index contributed by atoms with van der Waals surface area (Å²) in [6.45, 7) is 1.06. The van der Waals surface area contributed by atoms with Crippen LogP contribution in [0.5, 0.6) is 0 Å². The maximum Gasteiger partial charge on any atom is 0.322 e. The van der Waals surface area contributed by atoms with E-state index in [1.807, 2.05) is 48.7 Å². The van der Waals surface area contributed by atoms with Gasteiger partial charge in [0, 0.05) is 35.2 Å². The summed E-state index contributed by atoms with van der Waals surface area (Å²) in [5.74, 6) is 0. The molecular formula is C24H21Cl2N3O. The second-order valence-corrected chi connectivity index (χ2v) is 7.91. The van der Waals surface area contributed by atoms with Crippen molar-refractivity contribution >= 4 is 45.8 Å². The van der Waals surface area contributed by atoms with E-state index in [0.29, 0.717) is 28.8 Å². The number of rotatable bonds is 6. The highest BCUT2D eigenvalue weighted by molar-refractivity contribution is 6.36. The van der Waals surface area contributed by atoms with Crippen molar-refractivity contribution in [3.8, 4) is 0 Å². The van der Waals surface area contributed by atoms with Crippen LogP contribution in [0.3, 0.4) is 0 Å². The average Bonchev–Trinajstić information content (AvgIpc) is 3.17. The third kappa shape index (κ3) is 4.78. The van der Waals surface area contributed by atoms with Gasteiger partial charge in [0.25, 0.3) is 0 Å². The third-order valence-electron chi connectivity index (χ3n) is 5.00. The van der Waals surface area contributed by atoms with Crippen LogP contribution in [0, 0.1) is 0 Å². The summed E-state index contributed by atoms with van der Waals surface area (Å²) in [5.41, 5.74) is 3.88. The summed E-state index contributed by atoms with van der Waals surface area (Å²) in [7, 11) is 0. The van der Waals surface area contributed by atoms with Crippen molar-refractivity contribution in [2.75, 3.05) is 11.9 Å². The van der Waals surface area contributed by atoms with Crippen molar-refractivity contribution < 1.29 is 4.79 Å². The lowest BCUT2D eigenvalue weighted by Gasteiger charge is -2.23. The Morgan fingerprint density at radius 3 is 2.53 bits per heavy atom. The van der Waals surface area contributed by atoms with Crippen molar-refractivity contribution in [2.45, 2.75) is 13.0 Å². The molecular weight excluding hydrogens is 417 g/mol. The summed E-state index contributed by atoms with van der Waals surface area (Å²) >= 11 is 12.2. The first-order chi connectivity index (χ1) is 14.6. The molecule has 0 unspecified atom stereocenters. The van der Waals surface area contributed by atoms with E-state index in [4.69, 9.17) is 23.2 Å². The topological polar surface area (TPSA) is 48.1 Å². The van der Waals surface area contributed by atoms with Crippen LogP contribution in [0.15, 0.2) is 79.0 Å². The minimum atomic E-state index is -0.206. The number of aromatic nitrogens is 1. The molecule has 6 heteroatoms. The number of benzene rings is 3. The molecule has 0 atom stereocenters. The fraction of sp³-hybridized carbons (Fsp3) is 0.125. The van der Waals surface area contributed by atoms with E-state index in [9.17, 15) is 4.79 Å². The van der Waals surface area contributed by atoms with Gasteiger partial charge in [-0.2, -0.15) is 0 Å². The van der Waals surface area contributed by atoms with Gasteiger partial charge in [-0.05, 0) is 41.8 Å². The standard InChI is InChI=1S/C24H21Cl2N3O/c25-19-10-11-23(21(26)14-19)28-24(30)29(16-17-6-2-1-3-7-17)13-12-18-15-27-22-9-5-4-8-20(18)22/h1-11,14-15,27H,12-13,16H2,(H,28,30). The van der Waals surface area contributed by atoms with E-state index in [0.717, 1.165) is 17.5 Å². The Bertz CT molecular complexity index is 1160. The van der Waals surface area contributed by atoms with Crippen molar-refractivity contribution in [3.63, 3.8) is 0 Å². The molecule has 3 aromatic carbocycles. The van der Waals surface area contributed by atoms with E-state index in [-0.39, 0.29) is 6.03 Å². The van der Waals surface area contributed by atoms with Gasteiger partial charge in [0.1, 0.15) is 0 Å². The van der Waals surface area contributed by atoms with Crippen LogP contribution in [0.25, 0.3) is 10.9 Å². The van der Waals surface area contributed by atoms with Gasteiger partial charge in [0.2, 0.25) is 0 Å². The van der Waals surface area contributed by atoms with E-state index < -0.39 is 0 Å². The molecule has 0 fully saturated rings. The van der Waals surface area contributed by atoms with Gasteiger partial charge >= 0.3 is 6.03 Å². The molecule has 2 amide bonds. The van der Waals surface area contributed by atoms with Crippen molar-refractivity contribution in [1.29, 1.82) is 0 Å². The molecule has 152 valence electrons. The predicted octanol–water partition coefficient (Wildman–Crippen LogP) is 6.75. The molecule has 4 rings (SSSR count). The van der Waals surface area contributed by atoms with Crippen LogP contribution in [-0.4, -0.2) is 22.5 Å². The molecule has 0 aliphatic heterocycles. The van der Waals surface area contributed by atoms with Gasteiger partial charge in [-0.15, -0.1) is 0 Å². The van der Waals surface area contributed by atoms with Gasteiger partial charge < -0.3 is 15.2 Å². The number of H-pyrrole nitrogens is 1. The number of aromatic amines is 1. The van der Waals surface area contributed by atoms with Crippen LogP contribution >= 0.6 is 23.2 Å². The summed E-state index contributed by atoms with van der Waals surface area (Å²) in [6, 6.07) is 22.9. The molecule has 2 N–H and O–H groups in total. The number of urea groups is 1. The SMILES string of the molecule is O=C(Nc1ccc(Cl)cc1Cl)N(CCc1c[nH]c2ccccc12)Cc1ccccc1. The Balaban J connectivity index is 1.53. The van der Waals surface area contributed by atoms with E-state index in [2.05, 4.69) is 22.4 Å². The number of anilines is 1. The Morgan fingerprint density at radius 1 is 0.967 bits per heavy atom. The highest BCUT2D eigenvalue weighted by Gasteiger charge is 2.16. The number of amides is 2. The minimum Gasteiger partial charge on any atom is -0.361 e. The lowest BCUT2D eigenvalue weighted by molar-refractivity contribution is 0.210. The molecule has 4 aromatic rings. The number of para-hydroxylation sites is 1. The highest BCUT2D eigenvalue weighted by Crippen LogP contribution is 2.26. The molecule has 0 aliphatic rings. The third-order valence-corrected chi connectivity index (χ3v) is 5.55. The van der Waals surface area contributed by atoms with Gasteiger partial charge in [0.05, 0.1) is 10.7 Å². The first-order valence-electron chi connectivity index (χ1n) is 9.70. The maximum atomic E-state index is 13.1. The minimum absolute atomic E-state index is 0.206. The molecule has 0 bridgehead atoms. The maximum absolute atomic E-state index is 13.1. The second kappa shape index (κ2) is 9.24. The molecule has 4 nitrogen and oxygen atoms in total. The largest absolute Gasteiger partial charge is 0.361 e. The van der Waals surface area contributed by atoms with Crippen LogP contribution in [-0.2, 0) is 13.0 Å². The smallest absolute Gasteiger partial charge is 0.322 e. The second-order valence-electron chi connectivity index (χ2n) is 7.07. The molecule has 0 saturated heterocycles. The number of fused-ring (bicyclic) bond motifs is 1. The van der Waals surface area contributed by atoms with Crippen LogP contribution in [0.2, 0.25) is 10.0 Å². The molecule has 1 heterocycles. The Morgan fingerprint density at radius 2 is 1.73 bits per heavy atom. The first kappa shape index (κ1) is 20.3. The summed E-state index contributed by atoms with van der Waals surface area (Å²) in [6.07, 6.45) is 2.75. The fourth-order valence-electron chi connectivity index (χ4n) is 3.44. The van der Waals surface area contributed by atoms with Crippen molar-refractivity contribution in [1.82, 2.24) is 9.88 Å². The van der Waals surface area contributed by atoms with Crippen molar-refractivity contribution in [3.05, 3.63) is 100 Å². The summed E-state index contributed by atoms with van der Waals surface area (Å²) < 4.78 is 0. The molecule has 0 aliphatic carbocycles. The monoisotopic (exact) mass is 437 g/mol. The zero-order valence-corrected chi connectivity index (χ0v) is 17.8. The Labute approximate surface area is 185 Å². The molecule has 1 aromatic heterocycles. The fourth-order valence-corrected chi connectivity index (χ4v) is 3.89. The van der Waals surface area contributed by atoms with Gasteiger partial charge in [0.15, 0.2) is 0 Å². The zero-order chi connectivity index (χ0) is 20.9. The van der Waals surface area contributed by atoms with Crippen LogP contribution < -0.4 is 5.32 Å². The molecule has 0 saturated carbocycles.